The highest BCUT2D eigenvalue weighted by molar-refractivity contribution is 6.30. The van der Waals surface area contributed by atoms with Crippen LogP contribution in [0.2, 0.25) is 5.02 Å². The van der Waals surface area contributed by atoms with Crippen molar-refractivity contribution in [3.05, 3.63) is 34.9 Å². The Morgan fingerprint density at radius 3 is 2.81 bits per heavy atom. The van der Waals surface area contributed by atoms with Gasteiger partial charge in [0.2, 0.25) is 0 Å². The summed E-state index contributed by atoms with van der Waals surface area (Å²) >= 11 is 5.98. The molecule has 0 bridgehead atoms. The van der Waals surface area contributed by atoms with E-state index in [-0.39, 0.29) is 6.04 Å². The van der Waals surface area contributed by atoms with Gasteiger partial charge in [0.05, 0.1) is 12.6 Å². The third-order valence-electron chi connectivity index (χ3n) is 2.33. The van der Waals surface area contributed by atoms with E-state index in [1.54, 1.807) is 0 Å². The molecule has 1 unspecified atom stereocenters. The van der Waals surface area contributed by atoms with Crippen molar-refractivity contribution in [2.24, 2.45) is 0 Å². The third kappa shape index (κ3) is 4.52. The second kappa shape index (κ2) is 7.66. The van der Waals surface area contributed by atoms with Crippen LogP contribution in [0, 0.1) is 0 Å². The fraction of sp³-hybridized carbons (Fsp3) is 0.538. The van der Waals surface area contributed by atoms with Crippen LogP contribution in [0.15, 0.2) is 24.3 Å². The first-order valence-electron chi connectivity index (χ1n) is 5.84. The second-order valence-corrected chi connectivity index (χ2v) is 4.18. The summed E-state index contributed by atoms with van der Waals surface area (Å²) in [6.07, 6.45) is 1.05. The molecule has 0 aromatic heterocycles. The Morgan fingerprint density at radius 1 is 1.38 bits per heavy atom. The van der Waals surface area contributed by atoms with Gasteiger partial charge in [-0.1, -0.05) is 37.6 Å². The zero-order valence-electron chi connectivity index (χ0n) is 10.0. The summed E-state index contributed by atoms with van der Waals surface area (Å²) < 4.78 is 5.59. The SMILES string of the molecule is CCCOCC(NCC)c1cccc(Cl)c1. The molecular weight excluding hydrogens is 222 g/mol. The monoisotopic (exact) mass is 241 g/mol. The number of halogens is 1. The van der Waals surface area contributed by atoms with Crippen molar-refractivity contribution < 1.29 is 4.74 Å². The molecular formula is C13H20ClNO. The van der Waals surface area contributed by atoms with E-state index in [2.05, 4.69) is 25.2 Å². The fourth-order valence-electron chi connectivity index (χ4n) is 1.59. The van der Waals surface area contributed by atoms with Crippen molar-refractivity contribution in [1.82, 2.24) is 5.32 Å². The maximum absolute atomic E-state index is 5.98. The van der Waals surface area contributed by atoms with E-state index in [0.717, 1.165) is 24.6 Å². The van der Waals surface area contributed by atoms with Gasteiger partial charge in [0.1, 0.15) is 0 Å². The number of nitrogens with one attached hydrogen (secondary N) is 1. The highest BCUT2D eigenvalue weighted by Crippen LogP contribution is 2.18. The van der Waals surface area contributed by atoms with Gasteiger partial charge < -0.3 is 10.1 Å². The first-order valence-corrected chi connectivity index (χ1v) is 6.22. The van der Waals surface area contributed by atoms with E-state index in [4.69, 9.17) is 16.3 Å². The van der Waals surface area contributed by atoms with Gasteiger partial charge in [-0.2, -0.15) is 0 Å². The molecule has 3 heteroatoms. The number of benzene rings is 1. The van der Waals surface area contributed by atoms with Crippen molar-refractivity contribution in [3.63, 3.8) is 0 Å². The van der Waals surface area contributed by atoms with Gasteiger partial charge >= 0.3 is 0 Å². The molecule has 0 aliphatic heterocycles. The van der Waals surface area contributed by atoms with Crippen LogP contribution in [0.3, 0.4) is 0 Å². The summed E-state index contributed by atoms with van der Waals surface area (Å²) in [6, 6.07) is 8.16. The minimum atomic E-state index is 0.232. The van der Waals surface area contributed by atoms with E-state index in [0.29, 0.717) is 6.61 Å². The van der Waals surface area contributed by atoms with Gasteiger partial charge in [0, 0.05) is 11.6 Å². The van der Waals surface area contributed by atoms with E-state index < -0.39 is 0 Å². The van der Waals surface area contributed by atoms with Crippen LogP contribution < -0.4 is 5.32 Å². The number of likely N-dealkylation sites (N-methyl/N-ethyl adjacent to an activating group) is 1. The molecule has 0 heterocycles. The minimum Gasteiger partial charge on any atom is -0.379 e. The lowest BCUT2D eigenvalue weighted by molar-refractivity contribution is 0.112. The molecule has 0 aliphatic carbocycles. The Labute approximate surface area is 103 Å². The van der Waals surface area contributed by atoms with Gasteiger partial charge in [-0.05, 0) is 30.7 Å². The number of rotatable bonds is 7. The van der Waals surface area contributed by atoms with E-state index in [9.17, 15) is 0 Å². The second-order valence-electron chi connectivity index (χ2n) is 3.74. The van der Waals surface area contributed by atoms with Crippen LogP contribution in [0.25, 0.3) is 0 Å². The largest absolute Gasteiger partial charge is 0.379 e. The lowest BCUT2D eigenvalue weighted by atomic mass is 10.1. The molecule has 1 aromatic carbocycles. The summed E-state index contributed by atoms with van der Waals surface area (Å²) in [5.41, 5.74) is 1.19. The van der Waals surface area contributed by atoms with Gasteiger partial charge in [0.25, 0.3) is 0 Å². The predicted molar refractivity (Wildman–Crippen MR) is 69.0 cm³/mol. The molecule has 0 saturated heterocycles. The molecule has 1 rings (SSSR count). The van der Waals surface area contributed by atoms with Gasteiger partial charge in [-0.3, -0.25) is 0 Å². The zero-order chi connectivity index (χ0) is 11.8. The quantitative estimate of drug-likeness (QED) is 0.739. The molecule has 2 nitrogen and oxygen atoms in total. The molecule has 0 amide bonds. The standard InChI is InChI=1S/C13H20ClNO/c1-3-8-16-10-13(15-4-2)11-6-5-7-12(14)9-11/h5-7,9,13,15H,3-4,8,10H2,1-2H3. The molecule has 0 spiro atoms. The van der Waals surface area contributed by atoms with Gasteiger partial charge in [-0.15, -0.1) is 0 Å². The van der Waals surface area contributed by atoms with Crippen LogP contribution in [0.5, 0.6) is 0 Å². The normalized spacial score (nSPS) is 12.7. The first-order chi connectivity index (χ1) is 7.77. The molecule has 0 radical (unpaired) electrons. The summed E-state index contributed by atoms with van der Waals surface area (Å²) in [4.78, 5) is 0. The molecule has 0 fully saturated rings. The van der Waals surface area contributed by atoms with Crippen LogP contribution in [-0.4, -0.2) is 19.8 Å². The van der Waals surface area contributed by atoms with Crippen molar-refractivity contribution in [3.8, 4) is 0 Å². The topological polar surface area (TPSA) is 21.3 Å². The van der Waals surface area contributed by atoms with Gasteiger partial charge in [0.15, 0.2) is 0 Å². The van der Waals surface area contributed by atoms with E-state index >= 15 is 0 Å². The van der Waals surface area contributed by atoms with Gasteiger partial charge in [-0.25, -0.2) is 0 Å². The molecule has 90 valence electrons. The Balaban J connectivity index is 2.61. The average Bonchev–Trinajstić information content (AvgIpc) is 2.28. The maximum atomic E-state index is 5.98. The fourth-order valence-corrected chi connectivity index (χ4v) is 1.79. The number of ether oxygens (including phenoxy) is 1. The summed E-state index contributed by atoms with van der Waals surface area (Å²) in [5.74, 6) is 0. The molecule has 1 N–H and O–H groups in total. The van der Waals surface area contributed by atoms with E-state index in [1.807, 2.05) is 18.2 Å². The number of hydrogen-bond acceptors (Lipinski definition) is 2. The summed E-state index contributed by atoms with van der Waals surface area (Å²) in [7, 11) is 0. The van der Waals surface area contributed by atoms with Crippen molar-refractivity contribution in [2.45, 2.75) is 26.3 Å². The first kappa shape index (κ1) is 13.5. The molecule has 0 aliphatic rings. The summed E-state index contributed by atoms with van der Waals surface area (Å²) in [5, 5.41) is 4.18. The smallest absolute Gasteiger partial charge is 0.0661 e. The van der Waals surface area contributed by atoms with Crippen molar-refractivity contribution in [2.75, 3.05) is 19.8 Å². The Morgan fingerprint density at radius 2 is 2.19 bits per heavy atom. The predicted octanol–water partition coefficient (Wildman–Crippen LogP) is 3.42. The van der Waals surface area contributed by atoms with Crippen LogP contribution in [0.4, 0.5) is 0 Å². The summed E-state index contributed by atoms with van der Waals surface area (Å²) in [6.45, 7) is 6.64. The molecule has 16 heavy (non-hydrogen) atoms. The number of hydrogen-bond donors (Lipinski definition) is 1. The molecule has 1 aromatic rings. The Hall–Kier alpha value is -0.570. The van der Waals surface area contributed by atoms with Crippen LogP contribution in [-0.2, 0) is 4.74 Å². The van der Waals surface area contributed by atoms with Crippen LogP contribution >= 0.6 is 11.6 Å². The Kier molecular flexibility index (Phi) is 6.46. The maximum Gasteiger partial charge on any atom is 0.0661 e. The molecule has 0 saturated carbocycles. The average molecular weight is 242 g/mol. The highest BCUT2D eigenvalue weighted by Gasteiger charge is 2.10. The van der Waals surface area contributed by atoms with Crippen molar-refractivity contribution in [1.29, 1.82) is 0 Å². The zero-order valence-corrected chi connectivity index (χ0v) is 10.8. The highest BCUT2D eigenvalue weighted by atomic mass is 35.5. The van der Waals surface area contributed by atoms with Crippen molar-refractivity contribution >= 4 is 11.6 Å². The van der Waals surface area contributed by atoms with Crippen LogP contribution in [0.1, 0.15) is 31.9 Å². The molecule has 1 atom stereocenters. The Bertz CT molecular complexity index is 304. The lowest BCUT2D eigenvalue weighted by Crippen LogP contribution is -2.25. The van der Waals surface area contributed by atoms with E-state index in [1.165, 1.54) is 5.56 Å². The minimum absolute atomic E-state index is 0.232. The lowest BCUT2D eigenvalue weighted by Gasteiger charge is -2.18. The third-order valence-corrected chi connectivity index (χ3v) is 2.57.